The Morgan fingerprint density at radius 1 is 1.69 bits per heavy atom. The lowest BCUT2D eigenvalue weighted by Gasteiger charge is -2.23. The summed E-state index contributed by atoms with van der Waals surface area (Å²) < 4.78 is 11.7. The zero-order valence-corrected chi connectivity index (χ0v) is 11.9. The van der Waals surface area contributed by atoms with Gasteiger partial charge in [0.25, 0.3) is 0 Å². The van der Waals surface area contributed by atoms with Crippen LogP contribution in [0.3, 0.4) is 0 Å². The van der Waals surface area contributed by atoms with E-state index in [9.17, 15) is 0 Å². The Morgan fingerprint density at radius 3 is 3.06 bits per heavy atom. The number of ether oxygens (including phenoxy) is 2. The second-order valence-corrected chi connectivity index (χ2v) is 6.22. The summed E-state index contributed by atoms with van der Waals surface area (Å²) in [5, 5.41) is 4.48. The van der Waals surface area contributed by atoms with Gasteiger partial charge in [0.1, 0.15) is 0 Å². The van der Waals surface area contributed by atoms with E-state index in [-0.39, 0.29) is 5.54 Å². The first-order chi connectivity index (χ1) is 7.63. The summed E-state index contributed by atoms with van der Waals surface area (Å²) in [7, 11) is 1.69. The van der Waals surface area contributed by atoms with E-state index in [1.165, 1.54) is 4.88 Å². The second-order valence-electron chi connectivity index (χ2n) is 4.27. The zero-order chi connectivity index (χ0) is 11.6. The monoisotopic (exact) mass is 305 g/mol. The molecule has 1 aliphatic rings. The van der Waals surface area contributed by atoms with Gasteiger partial charge in [-0.05, 0) is 35.3 Å². The number of hydrogen-bond acceptors (Lipinski definition) is 4. The molecular formula is C11H16BrNO2S. The third kappa shape index (κ3) is 2.77. The summed E-state index contributed by atoms with van der Waals surface area (Å²) >= 11 is 5.15. The molecule has 90 valence electrons. The predicted molar refractivity (Wildman–Crippen MR) is 69.3 cm³/mol. The highest BCUT2D eigenvalue weighted by Crippen LogP contribution is 2.34. The minimum absolute atomic E-state index is 0.129. The molecule has 1 aromatic rings. The van der Waals surface area contributed by atoms with E-state index in [0.717, 1.165) is 35.7 Å². The lowest BCUT2D eigenvalue weighted by molar-refractivity contribution is 0.171. The van der Waals surface area contributed by atoms with Crippen molar-refractivity contribution in [3.63, 3.8) is 0 Å². The first-order valence-electron chi connectivity index (χ1n) is 5.28. The van der Waals surface area contributed by atoms with Gasteiger partial charge in [0.05, 0.1) is 18.2 Å². The number of rotatable bonds is 4. The average Bonchev–Trinajstić information content (AvgIpc) is 2.83. The molecule has 1 atom stereocenters. The van der Waals surface area contributed by atoms with Gasteiger partial charge in [0.2, 0.25) is 0 Å². The third-order valence-electron chi connectivity index (χ3n) is 2.80. The van der Waals surface area contributed by atoms with E-state index in [0.29, 0.717) is 0 Å². The minimum atomic E-state index is 0.129. The van der Waals surface area contributed by atoms with Crippen LogP contribution < -0.4 is 10.1 Å². The Kier molecular flexibility index (Phi) is 3.89. The van der Waals surface area contributed by atoms with Gasteiger partial charge in [0.15, 0.2) is 5.06 Å². The van der Waals surface area contributed by atoms with Crippen molar-refractivity contribution in [2.45, 2.75) is 25.4 Å². The molecule has 0 aliphatic carbocycles. The van der Waals surface area contributed by atoms with Crippen molar-refractivity contribution in [2.24, 2.45) is 0 Å². The summed E-state index contributed by atoms with van der Waals surface area (Å²) in [6, 6.07) is 2.11. The Balaban J connectivity index is 1.93. The highest BCUT2D eigenvalue weighted by Gasteiger charge is 2.28. The lowest BCUT2D eigenvalue weighted by Crippen LogP contribution is -2.42. The van der Waals surface area contributed by atoms with Gasteiger partial charge in [-0.1, -0.05) is 0 Å². The summed E-state index contributed by atoms with van der Waals surface area (Å²) in [4.78, 5) is 1.27. The molecule has 0 saturated carbocycles. The van der Waals surface area contributed by atoms with Gasteiger partial charge in [0, 0.05) is 23.6 Å². The topological polar surface area (TPSA) is 30.5 Å². The van der Waals surface area contributed by atoms with Crippen LogP contribution in [0.15, 0.2) is 10.5 Å². The molecule has 3 nitrogen and oxygen atoms in total. The van der Waals surface area contributed by atoms with Crippen LogP contribution in [0.5, 0.6) is 5.06 Å². The molecule has 1 saturated heterocycles. The van der Waals surface area contributed by atoms with Crippen LogP contribution in [0.1, 0.15) is 18.2 Å². The molecule has 2 heterocycles. The van der Waals surface area contributed by atoms with E-state index in [4.69, 9.17) is 9.47 Å². The van der Waals surface area contributed by atoms with Crippen molar-refractivity contribution in [3.8, 4) is 5.06 Å². The summed E-state index contributed by atoms with van der Waals surface area (Å²) in [6.45, 7) is 4.74. The van der Waals surface area contributed by atoms with E-state index in [1.807, 2.05) is 0 Å². The quantitative estimate of drug-likeness (QED) is 0.928. The maximum atomic E-state index is 5.41. The molecule has 0 radical (unpaired) electrons. The fraction of sp³-hybridized carbons (Fsp3) is 0.636. The van der Waals surface area contributed by atoms with Crippen molar-refractivity contribution in [1.82, 2.24) is 5.32 Å². The number of thiophene rings is 1. The molecule has 0 spiro atoms. The van der Waals surface area contributed by atoms with Crippen molar-refractivity contribution < 1.29 is 9.47 Å². The van der Waals surface area contributed by atoms with E-state index in [2.05, 4.69) is 34.2 Å². The summed E-state index contributed by atoms with van der Waals surface area (Å²) in [5.74, 6) is 0. The first kappa shape index (κ1) is 12.4. The SMILES string of the molecule is COc1sc(CNC2(C)CCOC2)cc1Br. The smallest absolute Gasteiger partial charge is 0.188 e. The van der Waals surface area contributed by atoms with E-state index < -0.39 is 0 Å². The Morgan fingerprint density at radius 2 is 2.50 bits per heavy atom. The molecule has 0 bridgehead atoms. The zero-order valence-electron chi connectivity index (χ0n) is 9.51. The summed E-state index contributed by atoms with van der Waals surface area (Å²) in [6.07, 6.45) is 1.08. The van der Waals surface area contributed by atoms with Gasteiger partial charge < -0.3 is 14.8 Å². The summed E-state index contributed by atoms with van der Waals surface area (Å²) in [5.41, 5.74) is 0.129. The van der Waals surface area contributed by atoms with Crippen LogP contribution in [-0.2, 0) is 11.3 Å². The Hall–Kier alpha value is -0.100. The van der Waals surface area contributed by atoms with Crippen LogP contribution in [-0.4, -0.2) is 25.9 Å². The molecule has 1 aliphatic heterocycles. The second kappa shape index (κ2) is 5.04. The molecule has 1 unspecified atom stereocenters. The van der Waals surface area contributed by atoms with Crippen LogP contribution in [0.25, 0.3) is 0 Å². The predicted octanol–water partition coefficient (Wildman–Crippen LogP) is 2.79. The van der Waals surface area contributed by atoms with Crippen molar-refractivity contribution in [2.75, 3.05) is 20.3 Å². The molecule has 16 heavy (non-hydrogen) atoms. The average molecular weight is 306 g/mol. The highest BCUT2D eigenvalue weighted by atomic mass is 79.9. The van der Waals surface area contributed by atoms with Gasteiger partial charge in [-0.15, -0.1) is 11.3 Å². The van der Waals surface area contributed by atoms with Crippen molar-refractivity contribution in [1.29, 1.82) is 0 Å². The Labute approximate surface area is 108 Å². The van der Waals surface area contributed by atoms with Gasteiger partial charge in [-0.25, -0.2) is 0 Å². The molecular weight excluding hydrogens is 290 g/mol. The normalized spacial score (nSPS) is 24.9. The molecule has 1 N–H and O–H groups in total. The first-order valence-corrected chi connectivity index (χ1v) is 6.89. The van der Waals surface area contributed by atoms with Crippen molar-refractivity contribution in [3.05, 3.63) is 15.4 Å². The lowest BCUT2D eigenvalue weighted by atomic mass is 10.0. The van der Waals surface area contributed by atoms with Crippen molar-refractivity contribution >= 4 is 27.3 Å². The van der Waals surface area contributed by atoms with Crippen LogP contribution in [0.4, 0.5) is 0 Å². The minimum Gasteiger partial charge on any atom is -0.486 e. The fourth-order valence-electron chi connectivity index (χ4n) is 1.73. The number of halogens is 1. The number of hydrogen-bond donors (Lipinski definition) is 1. The largest absolute Gasteiger partial charge is 0.486 e. The van der Waals surface area contributed by atoms with Crippen LogP contribution in [0.2, 0.25) is 0 Å². The molecule has 2 rings (SSSR count). The molecule has 0 amide bonds. The van der Waals surface area contributed by atoms with E-state index in [1.54, 1.807) is 18.4 Å². The fourth-order valence-corrected chi connectivity index (χ4v) is 3.36. The number of methoxy groups -OCH3 is 1. The molecule has 0 aromatic carbocycles. The Bertz CT molecular complexity index is 361. The van der Waals surface area contributed by atoms with E-state index >= 15 is 0 Å². The molecule has 5 heteroatoms. The maximum absolute atomic E-state index is 5.41. The van der Waals surface area contributed by atoms with Gasteiger partial charge in [-0.3, -0.25) is 0 Å². The third-order valence-corrected chi connectivity index (χ3v) is 4.75. The van der Waals surface area contributed by atoms with Crippen LogP contribution in [0, 0.1) is 0 Å². The van der Waals surface area contributed by atoms with Gasteiger partial charge >= 0.3 is 0 Å². The standard InChI is InChI=1S/C11H16BrNO2S/c1-11(3-4-15-7-11)13-6-8-5-9(12)10(14-2)16-8/h5,13H,3-4,6-7H2,1-2H3. The maximum Gasteiger partial charge on any atom is 0.188 e. The number of nitrogens with one attached hydrogen (secondary N) is 1. The van der Waals surface area contributed by atoms with Crippen LogP contribution >= 0.6 is 27.3 Å². The highest BCUT2D eigenvalue weighted by molar-refractivity contribution is 9.10. The molecule has 1 fully saturated rings. The molecule has 1 aromatic heterocycles. The van der Waals surface area contributed by atoms with Gasteiger partial charge in [-0.2, -0.15) is 0 Å².